The second-order valence-electron chi connectivity index (χ2n) is 5.38. The van der Waals surface area contributed by atoms with Crippen LogP contribution in [0.1, 0.15) is 63.6 Å². The third kappa shape index (κ3) is 6.81. The Morgan fingerprint density at radius 1 is 1.00 bits per heavy atom. The molecule has 114 valence electrons. The summed E-state index contributed by atoms with van der Waals surface area (Å²) in [7, 11) is 0. The molecule has 1 rings (SSSR count). The van der Waals surface area contributed by atoms with E-state index in [0.717, 1.165) is 13.0 Å². The van der Waals surface area contributed by atoms with Crippen molar-refractivity contribution in [3.05, 3.63) is 35.4 Å². The lowest BCUT2D eigenvalue weighted by Crippen LogP contribution is -2.24. The minimum atomic E-state index is 0.507. The van der Waals surface area contributed by atoms with E-state index >= 15 is 0 Å². The average Bonchev–Trinajstić information content (AvgIpc) is 2.50. The first-order valence-electron chi connectivity index (χ1n) is 8.21. The summed E-state index contributed by atoms with van der Waals surface area (Å²) < 4.78 is 0. The van der Waals surface area contributed by atoms with E-state index in [1.54, 1.807) is 0 Å². The highest BCUT2D eigenvalue weighted by Gasteiger charge is 2.10. The molecule has 0 aromatic heterocycles. The second-order valence-corrected chi connectivity index (χ2v) is 6.53. The van der Waals surface area contributed by atoms with Gasteiger partial charge in [0.15, 0.2) is 0 Å². The van der Waals surface area contributed by atoms with Crippen LogP contribution in [0.3, 0.4) is 0 Å². The fourth-order valence-corrected chi connectivity index (χ4v) is 3.35. The Morgan fingerprint density at radius 3 is 2.35 bits per heavy atom. The standard InChI is InChI=1S/C18H31NS/c1-4-7-8-14-20-15-18(19-13-5-2)17-11-9-16(6-3)10-12-17/h9-12,18-19H,4-8,13-15H2,1-3H3. The fraction of sp³-hybridized carbons (Fsp3) is 0.667. The first-order chi connectivity index (χ1) is 9.81. The van der Waals surface area contributed by atoms with E-state index in [1.165, 1.54) is 48.3 Å². The van der Waals surface area contributed by atoms with E-state index in [1.807, 2.05) is 0 Å². The molecule has 0 radical (unpaired) electrons. The predicted octanol–water partition coefficient (Wildman–Crippen LogP) is 5.21. The van der Waals surface area contributed by atoms with Gasteiger partial charge in [0, 0.05) is 11.8 Å². The number of thioether (sulfide) groups is 1. The number of hydrogen-bond donors (Lipinski definition) is 1. The Bertz CT molecular complexity index is 334. The first-order valence-corrected chi connectivity index (χ1v) is 9.37. The maximum absolute atomic E-state index is 3.69. The van der Waals surface area contributed by atoms with Gasteiger partial charge < -0.3 is 5.32 Å². The third-order valence-electron chi connectivity index (χ3n) is 3.61. The first kappa shape index (κ1) is 17.6. The van der Waals surface area contributed by atoms with Gasteiger partial charge in [0.05, 0.1) is 0 Å². The molecular formula is C18H31NS. The summed E-state index contributed by atoms with van der Waals surface area (Å²) in [6.45, 7) is 7.82. The lowest BCUT2D eigenvalue weighted by atomic mass is 10.0. The monoisotopic (exact) mass is 293 g/mol. The molecule has 0 aliphatic carbocycles. The van der Waals surface area contributed by atoms with Gasteiger partial charge in [0.1, 0.15) is 0 Å². The molecule has 0 aliphatic heterocycles. The van der Waals surface area contributed by atoms with E-state index in [0.29, 0.717) is 6.04 Å². The SMILES string of the molecule is CCCCCSCC(NCCC)c1ccc(CC)cc1. The summed E-state index contributed by atoms with van der Waals surface area (Å²) in [5, 5.41) is 3.69. The highest BCUT2D eigenvalue weighted by atomic mass is 32.2. The van der Waals surface area contributed by atoms with E-state index in [4.69, 9.17) is 0 Å². The molecule has 1 nitrogen and oxygen atoms in total. The van der Waals surface area contributed by atoms with Crippen molar-refractivity contribution in [3.63, 3.8) is 0 Å². The van der Waals surface area contributed by atoms with Gasteiger partial charge in [0.2, 0.25) is 0 Å². The van der Waals surface area contributed by atoms with Crippen LogP contribution in [-0.2, 0) is 6.42 Å². The van der Waals surface area contributed by atoms with Crippen molar-refractivity contribution in [1.82, 2.24) is 5.32 Å². The number of aryl methyl sites for hydroxylation is 1. The van der Waals surface area contributed by atoms with Gasteiger partial charge in [-0.2, -0.15) is 11.8 Å². The zero-order valence-electron chi connectivity index (χ0n) is 13.5. The Labute approximate surface area is 129 Å². The van der Waals surface area contributed by atoms with Gasteiger partial charge >= 0.3 is 0 Å². The molecule has 0 amide bonds. The Balaban J connectivity index is 2.48. The molecule has 0 saturated carbocycles. The zero-order valence-corrected chi connectivity index (χ0v) is 14.3. The van der Waals surface area contributed by atoms with Crippen molar-refractivity contribution in [2.45, 2.75) is 58.9 Å². The Kier molecular flexibility index (Phi) is 9.86. The van der Waals surface area contributed by atoms with Gasteiger partial charge in [-0.1, -0.05) is 57.9 Å². The van der Waals surface area contributed by atoms with Gasteiger partial charge in [0.25, 0.3) is 0 Å². The normalized spacial score (nSPS) is 12.6. The molecule has 0 aliphatic rings. The van der Waals surface area contributed by atoms with E-state index in [2.05, 4.69) is 62.1 Å². The van der Waals surface area contributed by atoms with Gasteiger partial charge in [-0.25, -0.2) is 0 Å². The van der Waals surface area contributed by atoms with Crippen molar-refractivity contribution in [1.29, 1.82) is 0 Å². The summed E-state index contributed by atoms with van der Waals surface area (Å²) in [5.74, 6) is 2.49. The molecule has 0 heterocycles. The van der Waals surface area contributed by atoms with Crippen LogP contribution < -0.4 is 5.32 Å². The molecule has 0 fully saturated rings. The number of benzene rings is 1. The van der Waals surface area contributed by atoms with Crippen LogP contribution in [0.2, 0.25) is 0 Å². The predicted molar refractivity (Wildman–Crippen MR) is 93.7 cm³/mol. The highest BCUT2D eigenvalue weighted by Crippen LogP contribution is 2.20. The molecule has 1 N–H and O–H groups in total. The summed E-state index contributed by atoms with van der Waals surface area (Å²) >= 11 is 2.09. The Morgan fingerprint density at radius 2 is 1.75 bits per heavy atom. The van der Waals surface area contributed by atoms with Crippen molar-refractivity contribution in [2.24, 2.45) is 0 Å². The van der Waals surface area contributed by atoms with Crippen molar-refractivity contribution in [3.8, 4) is 0 Å². The van der Waals surface area contributed by atoms with Crippen molar-refractivity contribution < 1.29 is 0 Å². The quantitative estimate of drug-likeness (QED) is 0.562. The number of rotatable bonds is 11. The second kappa shape index (κ2) is 11.2. The summed E-state index contributed by atoms with van der Waals surface area (Å²) in [5.41, 5.74) is 2.87. The highest BCUT2D eigenvalue weighted by molar-refractivity contribution is 7.99. The van der Waals surface area contributed by atoms with E-state index in [-0.39, 0.29) is 0 Å². The van der Waals surface area contributed by atoms with Gasteiger partial charge in [-0.15, -0.1) is 0 Å². The average molecular weight is 294 g/mol. The number of hydrogen-bond acceptors (Lipinski definition) is 2. The molecule has 20 heavy (non-hydrogen) atoms. The van der Waals surface area contributed by atoms with Crippen LogP contribution in [0.15, 0.2) is 24.3 Å². The van der Waals surface area contributed by atoms with E-state index < -0.39 is 0 Å². The molecule has 1 aromatic carbocycles. The van der Waals surface area contributed by atoms with Crippen LogP contribution >= 0.6 is 11.8 Å². The molecule has 1 unspecified atom stereocenters. The summed E-state index contributed by atoms with van der Waals surface area (Å²) in [6.07, 6.45) is 6.36. The maximum atomic E-state index is 3.69. The van der Waals surface area contributed by atoms with Crippen LogP contribution in [0.25, 0.3) is 0 Å². The molecule has 1 aromatic rings. The zero-order chi connectivity index (χ0) is 14.6. The van der Waals surface area contributed by atoms with E-state index in [9.17, 15) is 0 Å². The smallest absolute Gasteiger partial charge is 0.0411 e. The van der Waals surface area contributed by atoms with Crippen molar-refractivity contribution in [2.75, 3.05) is 18.1 Å². The minimum absolute atomic E-state index is 0.507. The van der Waals surface area contributed by atoms with Gasteiger partial charge in [-0.05, 0) is 42.7 Å². The maximum Gasteiger partial charge on any atom is 0.0411 e. The van der Waals surface area contributed by atoms with Crippen LogP contribution in [-0.4, -0.2) is 18.1 Å². The summed E-state index contributed by atoms with van der Waals surface area (Å²) in [4.78, 5) is 0. The van der Waals surface area contributed by atoms with Crippen LogP contribution in [0.4, 0.5) is 0 Å². The summed E-state index contributed by atoms with van der Waals surface area (Å²) in [6, 6.07) is 9.67. The third-order valence-corrected chi connectivity index (χ3v) is 4.75. The minimum Gasteiger partial charge on any atom is -0.309 e. The largest absolute Gasteiger partial charge is 0.309 e. The topological polar surface area (TPSA) is 12.0 Å². The molecule has 2 heteroatoms. The number of unbranched alkanes of at least 4 members (excludes halogenated alkanes) is 2. The van der Waals surface area contributed by atoms with Gasteiger partial charge in [-0.3, -0.25) is 0 Å². The lowest BCUT2D eigenvalue weighted by molar-refractivity contribution is 0.577. The molecular weight excluding hydrogens is 262 g/mol. The molecule has 0 spiro atoms. The molecule has 0 saturated heterocycles. The number of nitrogens with one attached hydrogen (secondary N) is 1. The molecule has 0 bridgehead atoms. The Hall–Kier alpha value is -0.470. The molecule has 1 atom stereocenters. The van der Waals surface area contributed by atoms with Crippen molar-refractivity contribution >= 4 is 11.8 Å². The van der Waals surface area contributed by atoms with Crippen LogP contribution in [0, 0.1) is 0 Å². The lowest BCUT2D eigenvalue weighted by Gasteiger charge is -2.19. The fourth-order valence-electron chi connectivity index (χ4n) is 2.23. The van der Waals surface area contributed by atoms with Crippen LogP contribution in [0.5, 0.6) is 0 Å².